The molecule has 0 spiro atoms. The molecule has 0 amide bonds. The van der Waals surface area contributed by atoms with E-state index >= 15 is 0 Å². The zero-order chi connectivity index (χ0) is 10.8. The predicted octanol–water partition coefficient (Wildman–Crippen LogP) is 0.0639. The highest BCUT2D eigenvalue weighted by Gasteiger charge is 2.10. The number of rotatable bonds is 2. The number of aryl methyl sites for hydroxylation is 1. The van der Waals surface area contributed by atoms with Gasteiger partial charge in [0.2, 0.25) is 0 Å². The second-order valence-electron chi connectivity index (χ2n) is 2.88. The molecule has 7 nitrogen and oxygen atoms in total. The van der Waals surface area contributed by atoms with E-state index < -0.39 is 5.97 Å². The molecule has 0 aliphatic heterocycles. The Morgan fingerprint density at radius 2 is 2.00 bits per heavy atom. The van der Waals surface area contributed by atoms with Crippen LogP contribution < -0.4 is 0 Å². The molecule has 0 aliphatic carbocycles. The Bertz CT molecular complexity index is 490. The Labute approximate surface area is 84.4 Å². The summed E-state index contributed by atoms with van der Waals surface area (Å²) in [7, 11) is 0. The average molecular weight is 205 g/mol. The van der Waals surface area contributed by atoms with Gasteiger partial charge < -0.3 is 5.11 Å². The summed E-state index contributed by atoms with van der Waals surface area (Å²) >= 11 is 0. The molecule has 15 heavy (non-hydrogen) atoms. The molecule has 0 atom stereocenters. The van der Waals surface area contributed by atoms with Gasteiger partial charge in [0.15, 0.2) is 0 Å². The van der Waals surface area contributed by atoms with E-state index in [-0.39, 0.29) is 5.82 Å². The van der Waals surface area contributed by atoms with Crippen molar-refractivity contribution >= 4 is 5.97 Å². The van der Waals surface area contributed by atoms with Gasteiger partial charge in [-0.15, -0.1) is 5.10 Å². The Morgan fingerprint density at radius 1 is 1.33 bits per heavy atom. The van der Waals surface area contributed by atoms with E-state index in [1.54, 1.807) is 12.4 Å². The van der Waals surface area contributed by atoms with Gasteiger partial charge in [-0.2, -0.15) is 4.68 Å². The molecule has 0 saturated carbocycles. The van der Waals surface area contributed by atoms with Gasteiger partial charge in [0.05, 0.1) is 0 Å². The van der Waals surface area contributed by atoms with Crippen molar-refractivity contribution in [1.29, 1.82) is 0 Å². The predicted molar refractivity (Wildman–Crippen MR) is 48.6 cm³/mol. The summed E-state index contributed by atoms with van der Waals surface area (Å²) < 4.78 is 1.21. The fourth-order valence-corrected chi connectivity index (χ4v) is 0.961. The van der Waals surface area contributed by atoms with Crippen LogP contribution in [0.15, 0.2) is 18.7 Å². The van der Waals surface area contributed by atoms with Gasteiger partial charge in [-0.25, -0.2) is 19.7 Å². The van der Waals surface area contributed by atoms with Crippen molar-refractivity contribution in [2.24, 2.45) is 0 Å². The fraction of sp³-hybridized carbons (Fsp3) is 0.125. The van der Waals surface area contributed by atoms with Gasteiger partial charge in [-0.3, -0.25) is 0 Å². The van der Waals surface area contributed by atoms with Gasteiger partial charge in [-0.05, 0) is 12.5 Å². The first kappa shape index (κ1) is 9.25. The van der Waals surface area contributed by atoms with Crippen LogP contribution in [0.3, 0.4) is 0 Å². The topological polar surface area (TPSA) is 93.8 Å². The summed E-state index contributed by atoms with van der Waals surface area (Å²) in [6.07, 6.45) is 4.49. The van der Waals surface area contributed by atoms with Crippen LogP contribution in [-0.4, -0.2) is 35.8 Å². The normalized spacial score (nSPS) is 10.2. The molecule has 0 aromatic carbocycles. The zero-order valence-corrected chi connectivity index (χ0v) is 7.82. The third kappa shape index (κ3) is 1.80. The molecule has 0 saturated heterocycles. The molecule has 0 fully saturated rings. The van der Waals surface area contributed by atoms with Crippen LogP contribution in [0.5, 0.6) is 0 Å². The minimum absolute atomic E-state index is 0.279. The van der Waals surface area contributed by atoms with Gasteiger partial charge >= 0.3 is 5.97 Å². The number of aromatic carboxylic acids is 1. The second-order valence-corrected chi connectivity index (χ2v) is 2.88. The highest BCUT2D eigenvalue weighted by molar-refractivity contribution is 5.82. The number of carbonyl (C=O) groups is 1. The van der Waals surface area contributed by atoms with Crippen LogP contribution in [0.25, 0.3) is 5.95 Å². The van der Waals surface area contributed by atoms with Crippen molar-refractivity contribution in [3.8, 4) is 5.95 Å². The number of hydrogen-bond donors (Lipinski definition) is 1. The minimum atomic E-state index is -1.18. The smallest absolute Gasteiger partial charge is 0.375 e. The SMILES string of the molecule is Cc1cnc(-n2cnc(C(=O)O)n2)nc1. The molecule has 1 N–H and O–H groups in total. The number of carboxylic acid groups (broad SMARTS) is 1. The highest BCUT2D eigenvalue weighted by Crippen LogP contribution is 1.99. The molecule has 2 aromatic rings. The van der Waals surface area contributed by atoms with Gasteiger partial charge in [0.25, 0.3) is 11.8 Å². The molecule has 0 aliphatic rings. The quantitative estimate of drug-likeness (QED) is 0.745. The van der Waals surface area contributed by atoms with Crippen molar-refractivity contribution in [2.75, 3.05) is 0 Å². The Kier molecular flexibility index (Phi) is 2.13. The first-order valence-corrected chi connectivity index (χ1v) is 4.11. The van der Waals surface area contributed by atoms with Crippen molar-refractivity contribution in [3.05, 3.63) is 30.1 Å². The Morgan fingerprint density at radius 3 is 2.53 bits per heavy atom. The molecule has 0 unspecified atom stereocenters. The Hall–Kier alpha value is -2.31. The zero-order valence-electron chi connectivity index (χ0n) is 7.82. The van der Waals surface area contributed by atoms with E-state index in [2.05, 4.69) is 20.1 Å². The largest absolute Gasteiger partial charge is 0.475 e. The van der Waals surface area contributed by atoms with Crippen molar-refractivity contribution < 1.29 is 9.90 Å². The van der Waals surface area contributed by atoms with Crippen LogP contribution in [0.4, 0.5) is 0 Å². The summed E-state index contributed by atoms with van der Waals surface area (Å²) in [5.41, 5.74) is 0.914. The molecule has 0 radical (unpaired) electrons. The average Bonchev–Trinajstić information content (AvgIpc) is 2.68. The molecule has 76 valence electrons. The summed E-state index contributed by atoms with van der Waals surface area (Å²) in [6.45, 7) is 1.85. The Balaban J connectivity index is 2.37. The van der Waals surface area contributed by atoms with Gasteiger partial charge in [-0.1, -0.05) is 0 Å². The molecule has 2 heterocycles. The third-order valence-corrected chi connectivity index (χ3v) is 1.66. The minimum Gasteiger partial charge on any atom is -0.475 e. The van der Waals surface area contributed by atoms with Gasteiger partial charge in [0, 0.05) is 12.4 Å². The molecule has 2 rings (SSSR count). The maximum absolute atomic E-state index is 10.5. The van der Waals surface area contributed by atoms with E-state index in [0.29, 0.717) is 5.95 Å². The van der Waals surface area contributed by atoms with Crippen LogP contribution in [0, 0.1) is 6.92 Å². The van der Waals surface area contributed by atoms with E-state index in [1.807, 2.05) is 6.92 Å². The summed E-state index contributed by atoms with van der Waals surface area (Å²) in [6, 6.07) is 0. The second kappa shape index (κ2) is 3.45. The van der Waals surface area contributed by atoms with E-state index in [9.17, 15) is 4.79 Å². The lowest BCUT2D eigenvalue weighted by molar-refractivity contribution is 0.0683. The van der Waals surface area contributed by atoms with E-state index in [4.69, 9.17) is 5.11 Å². The standard InChI is InChI=1S/C8H7N5O2/c1-5-2-9-8(10-3-5)13-4-11-6(12-13)7(14)15/h2-4H,1H3,(H,14,15). The van der Waals surface area contributed by atoms with Crippen molar-refractivity contribution in [1.82, 2.24) is 24.7 Å². The summed E-state index contributed by atoms with van der Waals surface area (Å²) in [5.74, 6) is -1.17. The first-order valence-electron chi connectivity index (χ1n) is 4.11. The molecule has 0 bridgehead atoms. The van der Waals surface area contributed by atoms with Crippen LogP contribution in [-0.2, 0) is 0 Å². The summed E-state index contributed by atoms with van der Waals surface area (Å²) in [5, 5.41) is 12.3. The van der Waals surface area contributed by atoms with Gasteiger partial charge in [0.1, 0.15) is 6.33 Å². The summed E-state index contributed by atoms with van der Waals surface area (Å²) in [4.78, 5) is 22.1. The number of nitrogens with zero attached hydrogens (tertiary/aromatic N) is 5. The fourth-order valence-electron chi connectivity index (χ4n) is 0.961. The highest BCUT2D eigenvalue weighted by atomic mass is 16.4. The lowest BCUT2D eigenvalue weighted by Crippen LogP contribution is -2.04. The van der Waals surface area contributed by atoms with E-state index in [0.717, 1.165) is 5.56 Å². The van der Waals surface area contributed by atoms with Crippen LogP contribution in [0.1, 0.15) is 16.2 Å². The third-order valence-electron chi connectivity index (χ3n) is 1.66. The number of hydrogen-bond acceptors (Lipinski definition) is 5. The lowest BCUT2D eigenvalue weighted by atomic mass is 10.4. The van der Waals surface area contributed by atoms with Crippen LogP contribution >= 0.6 is 0 Å². The maximum Gasteiger partial charge on any atom is 0.375 e. The number of carboxylic acids is 1. The number of aromatic nitrogens is 5. The molecular formula is C8H7N5O2. The monoisotopic (exact) mass is 205 g/mol. The first-order chi connectivity index (χ1) is 7.16. The van der Waals surface area contributed by atoms with Crippen molar-refractivity contribution in [3.63, 3.8) is 0 Å². The molecular weight excluding hydrogens is 198 g/mol. The molecule has 7 heteroatoms. The van der Waals surface area contributed by atoms with Crippen molar-refractivity contribution in [2.45, 2.75) is 6.92 Å². The lowest BCUT2D eigenvalue weighted by Gasteiger charge is -1.96. The van der Waals surface area contributed by atoms with E-state index in [1.165, 1.54) is 11.0 Å². The maximum atomic E-state index is 10.5. The molecule has 2 aromatic heterocycles. The van der Waals surface area contributed by atoms with Crippen LogP contribution in [0.2, 0.25) is 0 Å².